The molecule has 0 aromatic carbocycles. The zero-order valence-electron chi connectivity index (χ0n) is 13.3. The van der Waals surface area contributed by atoms with E-state index in [2.05, 4.69) is 0 Å². The number of rotatable bonds is 13. The minimum Gasteiger partial charge on any atom is -0.480 e. The number of carboxylic acid groups (broad SMARTS) is 2. The molecule has 1 amide bonds. The number of carbonyl (C=O) groups is 3. The summed E-state index contributed by atoms with van der Waals surface area (Å²) in [7, 11) is 1.90. The Hall–Kier alpha value is -1.13. The van der Waals surface area contributed by atoms with E-state index >= 15 is 0 Å². The molecule has 0 aliphatic rings. The predicted octanol–water partition coefficient (Wildman–Crippen LogP) is -4.21. The van der Waals surface area contributed by atoms with E-state index in [0.29, 0.717) is 0 Å². The summed E-state index contributed by atoms with van der Waals surface area (Å²) in [6.07, 6.45) is -8.27. The SMILES string of the molecule is NC(CSSC[C@H](NC(=O)[C@H](O)[C@@H](O)[C@H](O)[C@H](O)CO)C(=O)O)C(=O)O. The monoisotopic (exact) mass is 418 g/mol. The number of nitrogens with two attached hydrogens (primary N) is 1. The average Bonchev–Trinajstić information content (AvgIpc) is 2.60. The van der Waals surface area contributed by atoms with Gasteiger partial charge < -0.3 is 46.8 Å². The van der Waals surface area contributed by atoms with Crippen LogP contribution in [0, 0.1) is 0 Å². The topological polar surface area (TPSA) is 231 Å². The molecule has 0 aromatic rings. The number of nitrogens with one attached hydrogen (secondary N) is 1. The van der Waals surface area contributed by atoms with Gasteiger partial charge in [-0.3, -0.25) is 9.59 Å². The first-order chi connectivity index (χ1) is 12.0. The van der Waals surface area contributed by atoms with Crippen LogP contribution in [0.15, 0.2) is 0 Å². The van der Waals surface area contributed by atoms with E-state index in [0.717, 1.165) is 21.6 Å². The molecule has 1 unspecified atom stereocenters. The van der Waals surface area contributed by atoms with Crippen molar-refractivity contribution in [1.82, 2.24) is 5.32 Å². The van der Waals surface area contributed by atoms with Gasteiger partial charge in [-0.05, 0) is 0 Å². The lowest BCUT2D eigenvalue weighted by molar-refractivity contribution is -0.152. The van der Waals surface area contributed by atoms with Crippen molar-refractivity contribution in [1.29, 1.82) is 0 Å². The van der Waals surface area contributed by atoms with E-state index in [4.69, 9.17) is 26.2 Å². The van der Waals surface area contributed by atoms with E-state index in [1.165, 1.54) is 0 Å². The van der Waals surface area contributed by atoms with Crippen LogP contribution in [-0.2, 0) is 14.4 Å². The van der Waals surface area contributed by atoms with Gasteiger partial charge in [0.1, 0.15) is 30.4 Å². The summed E-state index contributed by atoms with van der Waals surface area (Å²) in [5, 5.41) is 66.1. The molecule has 0 aliphatic heterocycles. The highest BCUT2D eigenvalue weighted by molar-refractivity contribution is 8.76. The molecule has 0 bridgehead atoms. The molecule has 6 atom stereocenters. The maximum absolute atomic E-state index is 11.8. The van der Waals surface area contributed by atoms with Gasteiger partial charge in [-0.25, -0.2) is 4.79 Å². The van der Waals surface area contributed by atoms with Crippen molar-refractivity contribution in [2.24, 2.45) is 5.73 Å². The number of aliphatic hydroxyl groups excluding tert-OH is 5. The lowest BCUT2D eigenvalue weighted by atomic mass is 10.0. The largest absolute Gasteiger partial charge is 0.480 e. The van der Waals surface area contributed by atoms with E-state index in [1.54, 1.807) is 0 Å². The highest BCUT2D eigenvalue weighted by Crippen LogP contribution is 2.22. The Kier molecular flexibility index (Phi) is 11.8. The number of aliphatic carboxylic acids is 2. The number of hydrogen-bond donors (Lipinski definition) is 9. The zero-order valence-corrected chi connectivity index (χ0v) is 15.0. The van der Waals surface area contributed by atoms with Gasteiger partial charge in [0.05, 0.1) is 6.61 Å². The lowest BCUT2D eigenvalue weighted by Gasteiger charge is -2.25. The highest BCUT2D eigenvalue weighted by Gasteiger charge is 2.35. The number of carbonyl (C=O) groups excluding carboxylic acids is 1. The molecule has 0 heterocycles. The van der Waals surface area contributed by atoms with Crippen LogP contribution in [0.5, 0.6) is 0 Å². The first-order valence-corrected chi connectivity index (χ1v) is 9.60. The fourth-order valence-electron chi connectivity index (χ4n) is 1.42. The molecule has 0 spiro atoms. The fraction of sp³-hybridized carbons (Fsp3) is 0.750. The van der Waals surface area contributed by atoms with E-state index < -0.39 is 61.0 Å². The summed E-state index contributed by atoms with van der Waals surface area (Å²) in [6, 6.07) is -2.62. The standard InChI is InChI=1S/C12H22N2O10S2/c13-4(11(21)22)2-25-26-3-5(12(23)24)14-10(20)9(19)8(18)7(17)6(16)1-15/h4-9,15-19H,1-3,13H2,(H,14,20)(H,21,22)(H,23,24)/t4?,5-,6+,7+,8-,9+/m0/s1. The Bertz CT molecular complexity index is 483. The van der Waals surface area contributed by atoms with Gasteiger partial charge in [0.15, 0.2) is 6.10 Å². The molecule has 0 saturated carbocycles. The van der Waals surface area contributed by atoms with Crippen LogP contribution in [-0.4, -0.2) is 108 Å². The Morgan fingerprint density at radius 1 is 0.923 bits per heavy atom. The van der Waals surface area contributed by atoms with E-state index in [1.807, 2.05) is 5.32 Å². The molecule has 0 rings (SSSR count). The number of amides is 1. The molecule has 0 radical (unpaired) electrons. The molecule has 10 N–H and O–H groups in total. The molecule has 12 nitrogen and oxygen atoms in total. The van der Waals surface area contributed by atoms with Crippen molar-refractivity contribution in [2.45, 2.75) is 36.5 Å². The predicted molar refractivity (Wildman–Crippen MR) is 91.2 cm³/mol. The number of carboxylic acids is 2. The number of aliphatic hydroxyl groups is 5. The average molecular weight is 418 g/mol. The fourth-order valence-corrected chi connectivity index (χ4v) is 3.69. The van der Waals surface area contributed by atoms with Crippen LogP contribution < -0.4 is 11.1 Å². The third-order valence-corrected chi connectivity index (χ3v) is 5.47. The third-order valence-electron chi connectivity index (χ3n) is 3.02. The summed E-state index contributed by atoms with van der Waals surface area (Å²) in [6.45, 7) is -0.934. The van der Waals surface area contributed by atoms with Gasteiger partial charge in [-0.1, -0.05) is 21.6 Å². The van der Waals surface area contributed by atoms with Crippen molar-refractivity contribution in [3.63, 3.8) is 0 Å². The second kappa shape index (κ2) is 12.3. The Balaban J connectivity index is 4.58. The number of hydrogen-bond acceptors (Lipinski definition) is 11. The maximum Gasteiger partial charge on any atom is 0.327 e. The van der Waals surface area contributed by atoms with Crippen molar-refractivity contribution < 1.29 is 50.1 Å². The molecule has 0 fully saturated rings. The van der Waals surface area contributed by atoms with Gasteiger partial charge in [0.2, 0.25) is 0 Å². The first-order valence-electron chi connectivity index (χ1n) is 7.12. The molecule has 0 saturated heterocycles. The van der Waals surface area contributed by atoms with Crippen molar-refractivity contribution in [3.8, 4) is 0 Å². The summed E-state index contributed by atoms with van der Waals surface area (Å²) in [5.74, 6) is -4.20. The summed E-state index contributed by atoms with van der Waals surface area (Å²) >= 11 is 0. The molecule has 26 heavy (non-hydrogen) atoms. The Morgan fingerprint density at radius 2 is 1.46 bits per heavy atom. The first kappa shape index (κ1) is 24.9. The van der Waals surface area contributed by atoms with Gasteiger partial charge in [0.25, 0.3) is 5.91 Å². The van der Waals surface area contributed by atoms with Crippen LogP contribution in [0.25, 0.3) is 0 Å². The Labute approximate surface area is 155 Å². The van der Waals surface area contributed by atoms with E-state index in [-0.39, 0.29) is 11.5 Å². The normalized spacial score (nSPS) is 18.2. The molecule has 14 heteroatoms. The van der Waals surface area contributed by atoms with Crippen LogP contribution >= 0.6 is 21.6 Å². The molecular formula is C12H22N2O10S2. The smallest absolute Gasteiger partial charge is 0.327 e. The zero-order chi connectivity index (χ0) is 20.4. The summed E-state index contributed by atoms with van der Waals surface area (Å²) < 4.78 is 0. The van der Waals surface area contributed by atoms with Crippen LogP contribution in [0.3, 0.4) is 0 Å². The van der Waals surface area contributed by atoms with Gasteiger partial charge in [0, 0.05) is 11.5 Å². The molecular weight excluding hydrogens is 396 g/mol. The van der Waals surface area contributed by atoms with Gasteiger partial charge >= 0.3 is 11.9 Å². The van der Waals surface area contributed by atoms with Crippen molar-refractivity contribution in [2.75, 3.05) is 18.1 Å². The minimum absolute atomic E-state index is 0.00708. The molecule has 0 aliphatic carbocycles. The van der Waals surface area contributed by atoms with Gasteiger partial charge in [-0.2, -0.15) is 0 Å². The summed E-state index contributed by atoms with van der Waals surface area (Å²) in [4.78, 5) is 33.5. The third kappa shape index (κ3) is 8.50. The highest BCUT2D eigenvalue weighted by atomic mass is 33.1. The van der Waals surface area contributed by atoms with Crippen molar-refractivity contribution >= 4 is 39.4 Å². The van der Waals surface area contributed by atoms with Gasteiger partial charge in [-0.15, -0.1) is 0 Å². The lowest BCUT2D eigenvalue weighted by Crippen LogP contribution is -2.54. The Morgan fingerprint density at radius 3 is 1.92 bits per heavy atom. The maximum atomic E-state index is 11.8. The summed E-state index contributed by atoms with van der Waals surface area (Å²) in [5.41, 5.74) is 5.27. The van der Waals surface area contributed by atoms with E-state index in [9.17, 15) is 29.7 Å². The van der Waals surface area contributed by atoms with Crippen LogP contribution in [0.4, 0.5) is 0 Å². The van der Waals surface area contributed by atoms with Crippen LogP contribution in [0.1, 0.15) is 0 Å². The quantitative estimate of drug-likeness (QED) is 0.102. The van der Waals surface area contributed by atoms with Crippen LogP contribution in [0.2, 0.25) is 0 Å². The minimum atomic E-state index is -2.26. The second-order valence-corrected chi connectivity index (χ2v) is 7.64. The molecule has 0 aromatic heterocycles. The molecule has 152 valence electrons. The second-order valence-electron chi connectivity index (χ2n) is 5.09. The van der Waals surface area contributed by atoms with Crippen molar-refractivity contribution in [3.05, 3.63) is 0 Å².